The minimum Gasteiger partial charge on any atom is -0.377 e. The zero-order valence-electron chi connectivity index (χ0n) is 11.9. The molecule has 1 aromatic rings. The van der Waals surface area contributed by atoms with Crippen LogP contribution in [-0.2, 0) is 4.74 Å². The molecule has 1 aliphatic heterocycles. The third kappa shape index (κ3) is 3.92. The van der Waals surface area contributed by atoms with E-state index in [1.807, 2.05) is 0 Å². The summed E-state index contributed by atoms with van der Waals surface area (Å²) in [6.07, 6.45) is 1.49. The summed E-state index contributed by atoms with van der Waals surface area (Å²) in [6, 6.07) is 2.03. The van der Waals surface area contributed by atoms with Crippen LogP contribution in [0.3, 0.4) is 0 Å². The fraction of sp³-hybridized carbons (Fsp3) is 0.533. The van der Waals surface area contributed by atoms with E-state index < -0.39 is 17.5 Å². The van der Waals surface area contributed by atoms with E-state index in [0.717, 1.165) is 6.07 Å². The summed E-state index contributed by atoms with van der Waals surface area (Å²) in [5.41, 5.74) is 0.189. The van der Waals surface area contributed by atoms with Crippen LogP contribution in [0.5, 0.6) is 0 Å². The van der Waals surface area contributed by atoms with Crippen molar-refractivity contribution >= 4 is 17.5 Å². The number of ether oxygens (including phenoxy) is 1. The summed E-state index contributed by atoms with van der Waals surface area (Å²) < 4.78 is 32.5. The zero-order chi connectivity index (χ0) is 15.4. The van der Waals surface area contributed by atoms with Crippen LogP contribution in [-0.4, -0.2) is 42.5 Å². The Hall–Kier alpha value is -1.20. The largest absolute Gasteiger partial charge is 0.377 e. The monoisotopic (exact) mass is 317 g/mol. The molecule has 1 fully saturated rings. The third-order valence-electron chi connectivity index (χ3n) is 3.64. The topological polar surface area (TPSA) is 29.5 Å². The number of benzene rings is 1. The number of likely N-dealkylation sites (tertiary alicyclic amines) is 1. The first-order valence-electron chi connectivity index (χ1n) is 6.95. The highest BCUT2D eigenvalue weighted by Crippen LogP contribution is 2.20. The van der Waals surface area contributed by atoms with E-state index in [2.05, 4.69) is 0 Å². The molecule has 0 radical (unpaired) electrons. The van der Waals surface area contributed by atoms with E-state index in [1.165, 1.54) is 13.0 Å². The highest BCUT2D eigenvalue weighted by Gasteiger charge is 2.26. The van der Waals surface area contributed by atoms with E-state index in [-0.39, 0.29) is 17.2 Å². The quantitative estimate of drug-likeness (QED) is 0.799. The van der Waals surface area contributed by atoms with E-state index in [9.17, 15) is 13.6 Å². The van der Waals surface area contributed by atoms with Gasteiger partial charge >= 0.3 is 0 Å². The number of hydrogen-bond donors (Lipinski definition) is 0. The van der Waals surface area contributed by atoms with E-state index >= 15 is 0 Å². The Bertz CT molecular complexity index is 517. The van der Waals surface area contributed by atoms with Crippen LogP contribution in [0, 0.1) is 18.6 Å². The van der Waals surface area contributed by atoms with Crippen molar-refractivity contribution in [1.82, 2.24) is 4.90 Å². The summed E-state index contributed by atoms with van der Waals surface area (Å²) in [5, 5.41) is 0. The molecule has 1 aromatic carbocycles. The summed E-state index contributed by atoms with van der Waals surface area (Å²) >= 11 is 5.56. The minimum atomic E-state index is -0.816. The van der Waals surface area contributed by atoms with Crippen LogP contribution < -0.4 is 0 Å². The maximum Gasteiger partial charge on any atom is 0.256 e. The van der Waals surface area contributed by atoms with Gasteiger partial charge in [-0.25, -0.2) is 8.78 Å². The Kier molecular flexibility index (Phi) is 5.53. The number of aryl methyl sites for hydroxylation is 1. The standard InChI is InChI=1S/C15H18ClF2NO2/c1-10-8-12(14(18)9-13(10)17)15(20)19-5-2-11(3-6-19)21-7-4-16/h8-9,11H,2-7H2,1H3. The van der Waals surface area contributed by atoms with Gasteiger partial charge in [0.25, 0.3) is 5.91 Å². The number of rotatable bonds is 4. The maximum absolute atomic E-state index is 13.8. The normalized spacial score (nSPS) is 16.3. The fourth-order valence-electron chi connectivity index (χ4n) is 2.43. The van der Waals surface area contributed by atoms with Crippen LogP contribution in [0.1, 0.15) is 28.8 Å². The number of halogens is 3. The van der Waals surface area contributed by atoms with Crippen LogP contribution in [0.25, 0.3) is 0 Å². The lowest BCUT2D eigenvalue weighted by molar-refractivity contribution is 0.0153. The number of hydrogen-bond acceptors (Lipinski definition) is 2. The molecule has 0 unspecified atom stereocenters. The summed E-state index contributed by atoms with van der Waals surface area (Å²) in [4.78, 5) is 13.9. The molecule has 0 N–H and O–H groups in total. The van der Waals surface area contributed by atoms with Gasteiger partial charge in [-0.15, -0.1) is 11.6 Å². The average Bonchev–Trinajstić information content (AvgIpc) is 2.48. The minimum absolute atomic E-state index is 0.0750. The second-order valence-electron chi connectivity index (χ2n) is 5.13. The number of alkyl halides is 1. The Balaban J connectivity index is 2.00. The Morgan fingerprint density at radius 3 is 2.62 bits per heavy atom. The molecule has 1 heterocycles. The van der Waals surface area contributed by atoms with Gasteiger partial charge in [-0.3, -0.25) is 4.79 Å². The van der Waals surface area contributed by atoms with Gasteiger partial charge in [0.15, 0.2) is 0 Å². The molecule has 1 saturated heterocycles. The fourth-order valence-corrected chi connectivity index (χ4v) is 2.52. The van der Waals surface area contributed by atoms with Gasteiger partial charge in [0.1, 0.15) is 11.6 Å². The predicted molar refractivity (Wildman–Crippen MR) is 76.7 cm³/mol. The van der Waals surface area contributed by atoms with Gasteiger partial charge in [0, 0.05) is 25.0 Å². The molecule has 1 amide bonds. The van der Waals surface area contributed by atoms with Gasteiger partial charge in [0.05, 0.1) is 18.3 Å². The summed E-state index contributed by atoms with van der Waals surface area (Å²) in [6.45, 7) is 3.01. The van der Waals surface area contributed by atoms with E-state index in [1.54, 1.807) is 4.90 Å². The first-order chi connectivity index (χ1) is 10.0. The van der Waals surface area contributed by atoms with Crippen molar-refractivity contribution in [3.63, 3.8) is 0 Å². The van der Waals surface area contributed by atoms with Crippen molar-refractivity contribution in [1.29, 1.82) is 0 Å². The molecule has 0 spiro atoms. The molecule has 6 heteroatoms. The number of piperidine rings is 1. The SMILES string of the molecule is Cc1cc(C(=O)N2CCC(OCCCl)CC2)c(F)cc1F. The zero-order valence-corrected chi connectivity index (χ0v) is 12.6. The maximum atomic E-state index is 13.8. The van der Waals surface area contributed by atoms with Crippen molar-refractivity contribution in [2.75, 3.05) is 25.6 Å². The van der Waals surface area contributed by atoms with Gasteiger partial charge in [0.2, 0.25) is 0 Å². The third-order valence-corrected chi connectivity index (χ3v) is 3.79. The average molecular weight is 318 g/mol. The summed E-state index contributed by atoms with van der Waals surface area (Å²) in [5.74, 6) is -1.41. The molecule has 0 aromatic heterocycles. The number of amides is 1. The molecule has 1 aliphatic rings. The molecule has 0 saturated carbocycles. The van der Waals surface area contributed by atoms with Crippen molar-refractivity contribution in [3.05, 3.63) is 34.9 Å². The van der Waals surface area contributed by atoms with Gasteiger partial charge in [-0.05, 0) is 31.4 Å². The molecular weight excluding hydrogens is 300 g/mol. The number of carbonyl (C=O) groups is 1. The Morgan fingerprint density at radius 2 is 2.00 bits per heavy atom. The Morgan fingerprint density at radius 1 is 1.33 bits per heavy atom. The van der Waals surface area contributed by atoms with Crippen LogP contribution in [0.4, 0.5) is 8.78 Å². The molecule has 21 heavy (non-hydrogen) atoms. The molecule has 2 rings (SSSR count). The highest BCUT2D eigenvalue weighted by molar-refractivity contribution is 6.17. The molecule has 0 atom stereocenters. The molecular formula is C15H18ClF2NO2. The lowest BCUT2D eigenvalue weighted by atomic mass is 10.0. The van der Waals surface area contributed by atoms with Crippen molar-refractivity contribution in [2.45, 2.75) is 25.9 Å². The van der Waals surface area contributed by atoms with E-state index in [0.29, 0.717) is 38.4 Å². The van der Waals surface area contributed by atoms with Crippen LogP contribution >= 0.6 is 11.6 Å². The molecule has 3 nitrogen and oxygen atoms in total. The predicted octanol–water partition coefficient (Wildman–Crippen LogP) is 3.13. The molecule has 0 aliphatic carbocycles. The second kappa shape index (κ2) is 7.18. The summed E-state index contributed by atoms with van der Waals surface area (Å²) in [7, 11) is 0. The molecule has 0 bridgehead atoms. The van der Waals surface area contributed by atoms with Crippen molar-refractivity contribution in [3.8, 4) is 0 Å². The number of carbonyl (C=O) groups excluding carboxylic acids is 1. The molecule has 116 valence electrons. The van der Waals surface area contributed by atoms with Crippen molar-refractivity contribution < 1.29 is 18.3 Å². The first kappa shape index (κ1) is 16.2. The lowest BCUT2D eigenvalue weighted by Gasteiger charge is -2.32. The number of nitrogens with zero attached hydrogens (tertiary/aromatic N) is 1. The van der Waals surface area contributed by atoms with Gasteiger partial charge < -0.3 is 9.64 Å². The van der Waals surface area contributed by atoms with Crippen LogP contribution in [0.2, 0.25) is 0 Å². The van der Waals surface area contributed by atoms with Gasteiger partial charge in [-0.2, -0.15) is 0 Å². The lowest BCUT2D eigenvalue weighted by Crippen LogP contribution is -2.41. The van der Waals surface area contributed by atoms with Gasteiger partial charge in [-0.1, -0.05) is 0 Å². The Labute approximate surface area is 127 Å². The first-order valence-corrected chi connectivity index (χ1v) is 7.49. The van der Waals surface area contributed by atoms with E-state index in [4.69, 9.17) is 16.3 Å². The second-order valence-corrected chi connectivity index (χ2v) is 5.51. The van der Waals surface area contributed by atoms with Crippen molar-refractivity contribution in [2.24, 2.45) is 0 Å². The smallest absolute Gasteiger partial charge is 0.256 e. The highest BCUT2D eigenvalue weighted by atomic mass is 35.5. The van der Waals surface area contributed by atoms with Crippen LogP contribution in [0.15, 0.2) is 12.1 Å².